The van der Waals surface area contributed by atoms with Gasteiger partial charge >= 0.3 is 0 Å². The van der Waals surface area contributed by atoms with Gasteiger partial charge in [0.25, 0.3) is 0 Å². The van der Waals surface area contributed by atoms with Gasteiger partial charge in [-0.05, 0) is 12.1 Å². The number of benzene rings is 1. The molecule has 0 unspecified atom stereocenters. The van der Waals surface area contributed by atoms with E-state index < -0.39 is 0 Å². The van der Waals surface area contributed by atoms with Gasteiger partial charge in [-0.2, -0.15) is 0 Å². The van der Waals surface area contributed by atoms with Crippen molar-refractivity contribution in [2.24, 2.45) is 5.41 Å². The number of Topliss-reactive ketones (excluding diaryl/α,β-unsaturated/α-hetero) is 1. The Bertz CT molecular complexity index is 532. The second kappa shape index (κ2) is 3.71. The third kappa shape index (κ3) is 1.83. The summed E-state index contributed by atoms with van der Waals surface area (Å²) >= 11 is 0. The Morgan fingerprint density at radius 1 is 1.12 bits per heavy atom. The summed E-state index contributed by atoms with van der Waals surface area (Å²) in [5, 5.41) is 0.935. The van der Waals surface area contributed by atoms with Crippen LogP contribution in [0.2, 0.25) is 0 Å². The highest BCUT2D eigenvalue weighted by Gasteiger charge is 2.24. The van der Waals surface area contributed by atoms with Crippen LogP contribution in [-0.2, 0) is 0 Å². The van der Waals surface area contributed by atoms with E-state index in [0.717, 1.165) is 16.5 Å². The van der Waals surface area contributed by atoms with E-state index in [2.05, 4.69) is 4.98 Å². The number of rotatable bonds is 1. The van der Waals surface area contributed by atoms with Gasteiger partial charge in [0.2, 0.25) is 0 Å². The lowest BCUT2D eigenvalue weighted by Gasteiger charge is -2.17. The quantitative estimate of drug-likeness (QED) is 0.679. The lowest BCUT2D eigenvalue weighted by atomic mass is 9.85. The average molecular weight is 213 g/mol. The number of nitrogens with zero attached hydrogens (tertiary/aromatic N) is 1. The van der Waals surface area contributed by atoms with Crippen molar-refractivity contribution >= 4 is 16.7 Å². The van der Waals surface area contributed by atoms with Gasteiger partial charge in [-0.25, -0.2) is 0 Å². The van der Waals surface area contributed by atoms with E-state index in [1.807, 2.05) is 51.1 Å². The molecule has 1 aromatic heterocycles. The van der Waals surface area contributed by atoms with E-state index in [4.69, 9.17) is 0 Å². The molecule has 1 aromatic carbocycles. The SMILES string of the molecule is CC(C)(C)C(=O)c1cccc2ncccc12. The Balaban J connectivity index is 2.66. The fourth-order valence-corrected chi connectivity index (χ4v) is 1.71. The van der Waals surface area contributed by atoms with Crippen molar-refractivity contribution in [3.05, 3.63) is 42.1 Å². The molecule has 0 N–H and O–H groups in total. The number of pyridine rings is 1. The van der Waals surface area contributed by atoms with Crippen molar-refractivity contribution in [1.82, 2.24) is 4.98 Å². The van der Waals surface area contributed by atoms with Crippen molar-refractivity contribution in [2.75, 3.05) is 0 Å². The number of fused-ring (bicyclic) bond motifs is 1. The van der Waals surface area contributed by atoms with Gasteiger partial charge in [0, 0.05) is 22.6 Å². The number of aromatic nitrogens is 1. The summed E-state index contributed by atoms with van der Waals surface area (Å²) in [6.45, 7) is 5.81. The van der Waals surface area contributed by atoms with Gasteiger partial charge in [-0.3, -0.25) is 9.78 Å². The molecule has 0 aliphatic rings. The van der Waals surface area contributed by atoms with E-state index in [9.17, 15) is 4.79 Å². The maximum Gasteiger partial charge on any atom is 0.168 e. The van der Waals surface area contributed by atoms with Gasteiger partial charge in [-0.1, -0.05) is 39.0 Å². The molecule has 1 heterocycles. The largest absolute Gasteiger partial charge is 0.294 e. The summed E-state index contributed by atoms with van der Waals surface area (Å²) in [6.07, 6.45) is 1.74. The van der Waals surface area contributed by atoms with Crippen LogP contribution in [0.4, 0.5) is 0 Å². The van der Waals surface area contributed by atoms with Crippen molar-refractivity contribution < 1.29 is 4.79 Å². The summed E-state index contributed by atoms with van der Waals surface area (Å²) in [6, 6.07) is 9.49. The second-order valence-electron chi connectivity index (χ2n) is 4.95. The molecule has 0 fully saturated rings. The first-order valence-corrected chi connectivity index (χ1v) is 5.39. The van der Waals surface area contributed by atoms with Crippen molar-refractivity contribution in [1.29, 1.82) is 0 Å². The molecule has 2 heteroatoms. The first kappa shape index (κ1) is 10.8. The molecule has 0 aliphatic heterocycles. The van der Waals surface area contributed by atoms with Gasteiger partial charge in [-0.15, -0.1) is 0 Å². The van der Waals surface area contributed by atoms with Crippen LogP contribution in [0.5, 0.6) is 0 Å². The minimum atomic E-state index is -0.357. The zero-order valence-corrected chi connectivity index (χ0v) is 9.82. The Labute approximate surface area is 95.3 Å². The fraction of sp³-hybridized carbons (Fsp3) is 0.286. The van der Waals surface area contributed by atoms with Crippen LogP contribution in [-0.4, -0.2) is 10.8 Å². The first-order valence-electron chi connectivity index (χ1n) is 5.39. The number of ketones is 1. The van der Waals surface area contributed by atoms with Gasteiger partial charge in [0.1, 0.15) is 0 Å². The Morgan fingerprint density at radius 3 is 2.56 bits per heavy atom. The Kier molecular flexibility index (Phi) is 2.50. The molecule has 0 atom stereocenters. The van der Waals surface area contributed by atoms with Crippen LogP contribution in [0.15, 0.2) is 36.5 Å². The van der Waals surface area contributed by atoms with Crippen molar-refractivity contribution in [2.45, 2.75) is 20.8 Å². The molecule has 16 heavy (non-hydrogen) atoms. The summed E-state index contributed by atoms with van der Waals surface area (Å²) in [4.78, 5) is 16.5. The van der Waals surface area contributed by atoms with Crippen LogP contribution in [0.25, 0.3) is 10.9 Å². The summed E-state index contributed by atoms with van der Waals surface area (Å²) in [5.74, 6) is 0.158. The number of carbonyl (C=O) groups is 1. The zero-order chi connectivity index (χ0) is 11.8. The van der Waals surface area contributed by atoms with E-state index in [1.165, 1.54) is 0 Å². The molecular formula is C14H15NO. The van der Waals surface area contributed by atoms with Crippen LogP contribution >= 0.6 is 0 Å². The first-order chi connectivity index (χ1) is 7.50. The molecule has 2 nitrogen and oxygen atoms in total. The van der Waals surface area contributed by atoms with Crippen LogP contribution in [0.3, 0.4) is 0 Å². The molecule has 0 saturated heterocycles. The molecule has 0 saturated carbocycles. The van der Waals surface area contributed by atoms with Crippen LogP contribution in [0.1, 0.15) is 31.1 Å². The number of hydrogen-bond donors (Lipinski definition) is 0. The normalized spacial score (nSPS) is 11.7. The lowest BCUT2D eigenvalue weighted by Crippen LogP contribution is -2.20. The van der Waals surface area contributed by atoms with Gasteiger partial charge in [0.15, 0.2) is 5.78 Å². The minimum Gasteiger partial charge on any atom is -0.294 e. The molecule has 82 valence electrons. The lowest BCUT2D eigenvalue weighted by molar-refractivity contribution is 0.0860. The van der Waals surface area contributed by atoms with Crippen LogP contribution < -0.4 is 0 Å². The third-order valence-corrected chi connectivity index (χ3v) is 2.57. The Morgan fingerprint density at radius 2 is 1.88 bits per heavy atom. The van der Waals surface area contributed by atoms with Gasteiger partial charge < -0.3 is 0 Å². The topological polar surface area (TPSA) is 30.0 Å². The molecule has 0 amide bonds. The molecule has 0 spiro atoms. The third-order valence-electron chi connectivity index (χ3n) is 2.57. The van der Waals surface area contributed by atoms with Crippen LogP contribution in [0, 0.1) is 5.41 Å². The highest BCUT2D eigenvalue weighted by molar-refractivity contribution is 6.09. The minimum absolute atomic E-state index is 0.158. The highest BCUT2D eigenvalue weighted by Crippen LogP contribution is 2.25. The standard InChI is InChI=1S/C14H15NO/c1-14(2,3)13(16)11-6-4-8-12-10(11)7-5-9-15-12/h4-9H,1-3H3. The number of hydrogen-bond acceptors (Lipinski definition) is 2. The average Bonchev–Trinajstić information content (AvgIpc) is 2.26. The van der Waals surface area contributed by atoms with E-state index in [1.54, 1.807) is 6.20 Å². The molecule has 2 rings (SSSR count). The zero-order valence-electron chi connectivity index (χ0n) is 9.82. The smallest absolute Gasteiger partial charge is 0.168 e. The van der Waals surface area contributed by atoms with Crippen molar-refractivity contribution in [3.63, 3.8) is 0 Å². The van der Waals surface area contributed by atoms with Crippen molar-refractivity contribution in [3.8, 4) is 0 Å². The highest BCUT2D eigenvalue weighted by atomic mass is 16.1. The van der Waals surface area contributed by atoms with E-state index >= 15 is 0 Å². The number of carbonyl (C=O) groups excluding carboxylic acids is 1. The molecule has 2 aromatic rings. The fourth-order valence-electron chi connectivity index (χ4n) is 1.71. The predicted octanol–water partition coefficient (Wildman–Crippen LogP) is 3.46. The molecule has 0 aliphatic carbocycles. The predicted molar refractivity (Wildman–Crippen MR) is 65.5 cm³/mol. The second-order valence-corrected chi connectivity index (χ2v) is 4.95. The maximum absolute atomic E-state index is 12.3. The Hall–Kier alpha value is -1.70. The summed E-state index contributed by atoms with van der Waals surface area (Å²) in [7, 11) is 0. The monoisotopic (exact) mass is 213 g/mol. The maximum atomic E-state index is 12.3. The van der Waals surface area contributed by atoms with E-state index in [0.29, 0.717) is 0 Å². The molecular weight excluding hydrogens is 198 g/mol. The summed E-state index contributed by atoms with van der Waals surface area (Å²) in [5.41, 5.74) is 1.28. The summed E-state index contributed by atoms with van der Waals surface area (Å²) < 4.78 is 0. The molecule has 0 radical (unpaired) electrons. The molecule has 0 bridgehead atoms. The van der Waals surface area contributed by atoms with Gasteiger partial charge in [0.05, 0.1) is 5.52 Å². The van der Waals surface area contributed by atoms with E-state index in [-0.39, 0.29) is 11.2 Å².